The van der Waals surface area contributed by atoms with E-state index in [0.29, 0.717) is 41.2 Å². The standard InChI is InChI=1S/C30H32ClF2N7O3/c1-3-29(41)37-22-14-23(26(42-2)15-25(22)39-9-7-38(8-10-39)19-4-5-19)36-27-16-28(35-17-34-27)40-24(6-11-43-40)20-12-18(32)13-21(31)30(20)33/h3,12-17,19,24H,1,4-11H2,2H3,(H,37,41)(H,34,35,36)/t24-/m1/s1. The normalized spacial score (nSPS) is 18.9. The van der Waals surface area contributed by atoms with Crippen LogP contribution in [0.3, 0.4) is 0 Å². The summed E-state index contributed by atoms with van der Waals surface area (Å²) in [6.07, 6.45) is 5.50. The van der Waals surface area contributed by atoms with E-state index in [9.17, 15) is 13.6 Å². The van der Waals surface area contributed by atoms with Gasteiger partial charge in [-0.05, 0) is 37.1 Å². The lowest BCUT2D eigenvalue weighted by molar-refractivity contribution is -0.111. The molecular formula is C30H32ClF2N7O3. The van der Waals surface area contributed by atoms with Gasteiger partial charge in [0.2, 0.25) is 5.91 Å². The lowest BCUT2D eigenvalue weighted by Gasteiger charge is -2.37. The topological polar surface area (TPSA) is 95.1 Å². The summed E-state index contributed by atoms with van der Waals surface area (Å²) in [5.41, 5.74) is 2.08. The third-order valence-electron chi connectivity index (χ3n) is 7.91. The van der Waals surface area contributed by atoms with E-state index in [1.807, 2.05) is 6.07 Å². The highest BCUT2D eigenvalue weighted by atomic mass is 35.5. The molecule has 3 aliphatic rings. The van der Waals surface area contributed by atoms with Gasteiger partial charge in [0.25, 0.3) is 0 Å². The summed E-state index contributed by atoms with van der Waals surface area (Å²) >= 11 is 5.91. The number of nitrogens with one attached hydrogen (secondary N) is 2. The van der Waals surface area contributed by atoms with E-state index in [1.165, 1.54) is 30.3 Å². The van der Waals surface area contributed by atoms with E-state index in [4.69, 9.17) is 21.2 Å². The molecule has 3 heterocycles. The lowest BCUT2D eigenvalue weighted by Crippen LogP contribution is -2.47. The molecule has 10 nitrogen and oxygen atoms in total. The van der Waals surface area contributed by atoms with Gasteiger partial charge < -0.3 is 20.3 Å². The fourth-order valence-corrected chi connectivity index (χ4v) is 5.83. The Labute approximate surface area is 253 Å². The third-order valence-corrected chi connectivity index (χ3v) is 8.18. The van der Waals surface area contributed by atoms with Gasteiger partial charge in [0.05, 0.1) is 41.8 Å². The van der Waals surface area contributed by atoms with Crippen molar-refractivity contribution in [1.29, 1.82) is 0 Å². The molecule has 2 saturated heterocycles. The SMILES string of the molecule is C=CC(=O)Nc1cc(Nc2cc(N3OCC[C@@H]3c3cc(F)cc(Cl)c3F)ncn2)c(OC)cc1N1CCN(C2CC2)CC1. The molecule has 1 saturated carbocycles. The molecule has 1 atom stereocenters. The van der Waals surface area contributed by atoms with Gasteiger partial charge in [-0.1, -0.05) is 18.2 Å². The predicted molar refractivity (Wildman–Crippen MR) is 161 cm³/mol. The molecule has 1 amide bonds. The van der Waals surface area contributed by atoms with Crippen molar-refractivity contribution in [2.75, 3.05) is 60.5 Å². The molecule has 3 aromatic rings. The van der Waals surface area contributed by atoms with Crippen LogP contribution in [0, 0.1) is 11.6 Å². The minimum Gasteiger partial charge on any atom is -0.494 e. The van der Waals surface area contributed by atoms with Crippen molar-refractivity contribution in [3.8, 4) is 5.75 Å². The van der Waals surface area contributed by atoms with Gasteiger partial charge in [0, 0.05) is 56.3 Å². The number of rotatable bonds is 9. The highest BCUT2D eigenvalue weighted by Crippen LogP contribution is 2.41. The molecule has 43 heavy (non-hydrogen) atoms. The maximum Gasteiger partial charge on any atom is 0.247 e. The number of piperazine rings is 1. The molecule has 0 bridgehead atoms. The van der Waals surface area contributed by atoms with Crippen LogP contribution in [-0.4, -0.2) is 66.7 Å². The number of hydrogen-bond acceptors (Lipinski definition) is 9. The number of ether oxygens (including phenoxy) is 1. The van der Waals surface area contributed by atoms with Crippen LogP contribution in [0.4, 0.5) is 37.5 Å². The zero-order chi connectivity index (χ0) is 30.1. The van der Waals surface area contributed by atoms with E-state index in [-0.39, 0.29) is 23.1 Å². The van der Waals surface area contributed by atoms with Gasteiger partial charge in [-0.15, -0.1) is 0 Å². The second-order valence-corrected chi connectivity index (χ2v) is 11.1. The average molecular weight is 612 g/mol. The molecular weight excluding hydrogens is 580 g/mol. The fraction of sp³-hybridized carbons (Fsp3) is 0.367. The van der Waals surface area contributed by atoms with E-state index < -0.39 is 17.7 Å². The van der Waals surface area contributed by atoms with Gasteiger partial charge in [0.15, 0.2) is 5.82 Å². The molecule has 0 spiro atoms. The number of carbonyl (C=O) groups is 1. The highest BCUT2D eigenvalue weighted by Gasteiger charge is 2.33. The Bertz CT molecular complexity index is 1530. The minimum atomic E-state index is -0.705. The van der Waals surface area contributed by atoms with E-state index in [2.05, 4.69) is 37.0 Å². The molecule has 0 radical (unpaired) electrons. The van der Waals surface area contributed by atoms with Gasteiger partial charge in [0.1, 0.15) is 29.5 Å². The monoisotopic (exact) mass is 611 g/mol. The first-order valence-electron chi connectivity index (χ1n) is 14.1. The van der Waals surface area contributed by atoms with Crippen molar-refractivity contribution in [1.82, 2.24) is 14.9 Å². The number of methoxy groups -OCH3 is 1. The first kappa shape index (κ1) is 29.1. The molecule has 3 fully saturated rings. The largest absolute Gasteiger partial charge is 0.494 e. The van der Waals surface area contributed by atoms with Crippen LogP contribution >= 0.6 is 11.6 Å². The van der Waals surface area contributed by atoms with Crippen LogP contribution in [0.25, 0.3) is 0 Å². The number of carbonyl (C=O) groups excluding carboxylic acids is 1. The average Bonchev–Trinajstić information content (AvgIpc) is 3.75. The van der Waals surface area contributed by atoms with Gasteiger partial charge in [-0.25, -0.2) is 23.8 Å². The number of aromatic nitrogens is 2. The maximum absolute atomic E-state index is 14.9. The molecule has 6 rings (SSSR count). The highest BCUT2D eigenvalue weighted by molar-refractivity contribution is 6.30. The number of halogens is 3. The number of hydroxylamine groups is 1. The number of anilines is 5. The summed E-state index contributed by atoms with van der Waals surface area (Å²) in [6.45, 7) is 7.43. The molecule has 2 aliphatic heterocycles. The van der Waals surface area contributed by atoms with Crippen LogP contribution in [-0.2, 0) is 9.63 Å². The summed E-state index contributed by atoms with van der Waals surface area (Å²) in [4.78, 5) is 31.6. The Balaban J connectivity index is 1.28. The zero-order valence-corrected chi connectivity index (χ0v) is 24.4. The third kappa shape index (κ3) is 6.22. The van der Waals surface area contributed by atoms with Crippen LogP contribution in [0.15, 0.2) is 49.3 Å². The molecule has 13 heteroatoms. The second-order valence-electron chi connectivity index (χ2n) is 10.7. The minimum absolute atomic E-state index is 0.0773. The molecule has 226 valence electrons. The predicted octanol–water partition coefficient (Wildman–Crippen LogP) is 5.45. The van der Waals surface area contributed by atoms with Crippen LogP contribution in [0.2, 0.25) is 5.02 Å². The quantitative estimate of drug-likeness (QED) is 0.242. The first-order valence-corrected chi connectivity index (χ1v) is 14.5. The Morgan fingerprint density at radius 1 is 1.09 bits per heavy atom. The number of nitrogens with zero attached hydrogens (tertiary/aromatic N) is 5. The van der Waals surface area contributed by atoms with E-state index in [1.54, 1.807) is 19.2 Å². The van der Waals surface area contributed by atoms with Crippen molar-refractivity contribution >= 4 is 46.2 Å². The van der Waals surface area contributed by atoms with Crippen molar-refractivity contribution in [2.45, 2.75) is 31.3 Å². The Hall–Kier alpha value is -4.00. The summed E-state index contributed by atoms with van der Waals surface area (Å²) in [5, 5.41) is 7.31. The first-order chi connectivity index (χ1) is 20.8. The van der Waals surface area contributed by atoms with Gasteiger partial charge >= 0.3 is 0 Å². The Morgan fingerprint density at radius 3 is 2.60 bits per heavy atom. The lowest BCUT2D eigenvalue weighted by atomic mass is 10.0. The number of hydrogen-bond donors (Lipinski definition) is 2. The van der Waals surface area contributed by atoms with Crippen LogP contribution in [0.5, 0.6) is 5.75 Å². The summed E-state index contributed by atoms with van der Waals surface area (Å²) in [6, 6.07) is 7.43. The van der Waals surface area contributed by atoms with Crippen molar-refractivity contribution in [3.05, 3.63) is 71.5 Å². The summed E-state index contributed by atoms with van der Waals surface area (Å²) in [7, 11) is 1.57. The molecule has 2 aromatic carbocycles. The molecule has 1 aliphatic carbocycles. The fourth-order valence-electron chi connectivity index (χ4n) is 5.62. The van der Waals surface area contributed by atoms with E-state index in [0.717, 1.165) is 44.0 Å². The second kappa shape index (κ2) is 12.3. The van der Waals surface area contributed by atoms with Crippen molar-refractivity contribution < 1.29 is 23.1 Å². The number of amides is 1. The smallest absolute Gasteiger partial charge is 0.247 e. The Morgan fingerprint density at radius 2 is 1.88 bits per heavy atom. The van der Waals surface area contributed by atoms with Gasteiger partial charge in [-0.2, -0.15) is 0 Å². The molecule has 0 unspecified atom stereocenters. The van der Waals surface area contributed by atoms with Crippen molar-refractivity contribution in [2.24, 2.45) is 0 Å². The Kier molecular flexibility index (Phi) is 8.33. The maximum atomic E-state index is 14.9. The molecule has 1 aromatic heterocycles. The van der Waals surface area contributed by atoms with Crippen molar-refractivity contribution in [3.63, 3.8) is 0 Å². The van der Waals surface area contributed by atoms with Crippen LogP contribution in [0.1, 0.15) is 30.9 Å². The van der Waals surface area contributed by atoms with Crippen LogP contribution < -0.4 is 25.3 Å². The van der Waals surface area contributed by atoms with E-state index >= 15 is 0 Å². The summed E-state index contributed by atoms with van der Waals surface area (Å²) in [5.74, 6) is -0.406. The zero-order valence-electron chi connectivity index (χ0n) is 23.7. The summed E-state index contributed by atoms with van der Waals surface area (Å²) < 4.78 is 34.7. The van der Waals surface area contributed by atoms with Gasteiger partial charge in [-0.3, -0.25) is 14.5 Å². The molecule has 2 N–H and O–H groups in total. The number of benzene rings is 2.